The Morgan fingerprint density at radius 3 is 2.93 bits per heavy atom. The molecular weight excluding hydrogens is 178 g/mol. The SMILES string of the molecule is CC(O)=Cc1nc2cccc(C)c2o1. The van der Waals surface area contributed by atoms with E-state index in [4.69, 9.17) is 9.52 Å². The van der Waals surface area contributed by atoms with Crippen LogP contribution in [0.25, 0.3) is 17.2 Å². The molecule has 0 aliphatic rings. The standard InChI is InChI=1S/C11H11NO2/c1-7-4-3-5-9-11(7)14-10(12-9)6-8(2)13/h3-6,13H,1-2H3. The Balaban J connectivity index is 2.63. The summed E-state index contributed by atoms with van der Waals surface area (Å²) in [6.07, 6.45) is 1.50. The first-order chi connectivity index (χ1) is 6.66. The van der Waals surface area contributed by atoms with Crippen molar-refractivity contribution in [3.8, 4) is 0 Å². The molecule has 3 nitrogen and oxygen atoms in total. The fourth-order valence-corrected chi connectivity index (χ4v) is 1.34. The van der Waals surface area contributed by atoms with Gasteiger partial charge in [-0.15, -0.1) is 0 Å². The van der Waals surface area contributed by atoms with Gasteiger partial charge in [-0.05, 0) is 25.5 Å². The van der Waals surface area contributed by atoms with Crippen LogP contribution in [0.15, 0.2) is 28.4 Å². The molecule has 14 heavy (non-hydrogen) atoms. The molecule has 0 aliphatic carbocycles. The first-order valence-electron chi connectivity index (χ1n) is 4.40. The number of hydrogen-bond donors (Lipinski definition) is 1. The normalized spacial score (nSPS) is 12.3. The number of nitrogens with zero attached hydrogens (tertiary/aromatic N) is 1. The summed E-state index contributed by atoms with van der Waals surface area (Å²) in [6, 6.07) is 5.78. The van der Waals surface area contributed by atoms with Gasteiger partial charge in [0.2, 0.25) is 5.89 Å². The Morgan fingerprint density at radius 2 is 2.29 bits per heavy atom. The van der Waals surface area contributed by atoms with Crippen molar-refractivity contribution in [3.05, 3.63) is 35.4 Å². The summed E-state index contributed by atoms with van der Waals surface area (Å²) in [5.41, 5.74) is 2.64. The molecule has 0 radical (unpaired) electrons. The molecule has 0 atom stereocenters. The van der Waals surface area contributed by atoms with Crippen molar-refractivity contribution >= 4 is 17.2 Å². The highest BCUT2D eigenvalue weighted by Gasteiger charge is 2.05. The maximum absolute atomic E-state index is 9.06. The number of oxazole rings is 1. The van der Waals surface area contributed by atoms with Crippen molar-refractivity contribution in [2.45, 2.75) is 13.8 Å². The maximum Gasteiger partial charge on any atom is 0.223 e. The van der Waals surface area contributed by atoms with Crippen LogP contribution < -0.4 is 0 Å². The number of para-hydroxylation sites is 1. The van der Waals surface area contributed by atoms with Crippen molar-refractivity contribution < 1.29 is 9.52 Å². The number of aliphatic hydroxyl groups excluding tert-OH is 1. The summed E-state index contributed by atoms with van der Waals surface area (Å²) in [7, 11) is 0. The third kappa shape index (κ3) is 1.48. The fourth-order valence-electron chi connectivity index (χ4n) is 1.34. The predicted molar refractivity (Wildman–Crippen MR) is 55.0 cm³/mol. The monoisotopic (exact) mass is 189 g/mol. The summed E-state index contributed by atoms with van der Waals surface area (Å²) in [4.78, 5) is 4.21. The van der Waals surface area contributed by atoms with Crippen molar-refractivity contribution in [1.29, 1.82) is 0 Å². The van der Waals surface area contributed by atoms with Gasteiger partial charge in [-0.1, -0.05) is 12.1 Å². The number of aromatic nitrogens is 1. The lowest BCUT2D eigenvalue weighted by molar-refractivity contribution is 0.417. The minimum absolute atomic E-state index is 0.189. The Morgan fingerprint density at radius 1 is 1.50 bits per heavy atom. The highest BCUT2D eigenvalue weighted by atomic mass is 16.3. The van der Waals surface area contributed by atoms with Gasteiger partial charge in [-0.3, -0.25) is 0 Å². The smallest absolute Gasteiger partial charge is 0.223 e. The summed E-state index contributed by atoms with van der Waals surface area (Å²) >= 11 is 0. The second-order valence-corrected chi connectivity index (χ2v) is 3.26. The Labute approximate surface area is 81.7 Å². The van der Waals surface area contributed by atoms with E-state index in [9.17, 15) is 0 Å². The van der Waals surface area contributed by atoms with Gasteiger partial charge in [0.25, 0.3) is 0 Å². The molecule has 1 N–H and O–H groups in total. The van der Waals surface area contributed by atoms with E-state index in [2.05, 4.69) is 4.98 Å². The second-order valence-electron chi connectivity index (χ2n) is 3.26. The van der Waals surface area contributed by atoms with Crippen molar-refractivity contribution in [2.24, 2.45) is 0 Å². The zero-order valence-corrected chi connectivity index (χ0v) is 8.11. The van der Waals surface area contributed by atoms with Crippen LogP contribution in [0.5, 0.6) is 0 Å². The lowest BCUT2D eigenvalue weighted by Gasteiger charge is -1.89. The molecule has 2 aromatic rings. The molecule has 0 bridgehead atoms. The minimum atomic E-state index is 0.189. The van der Waals surface area contributed by atoms with E-state index in [-0.39, 0.29) is 5.76 Å². The maximum atomic E-state index is 9.06. The molecule has 2 rings (SSSR count). The summed E-state index contributed by atoms with van der Waals surface area (Å²) in [6.45, 7) is 3.55. The molecular formula is C11H11NO2. The average Bonchev–Trinajstić information content (AvgIpc) is 2.47. The predicted octanol–water partition coefficient (Wildman–Crippen LogP) is 3.06. The number of aryl methyl sites for hydroxylation is 1. The average molecular weight is 189 g/mol. The molecule has 0 fully saturated rings. The number of fused-ring (bicyclic) bond motifs is 1. The first-order valence-corrected chi connectivity index (χ1v) is 4.40. The Kier molecular flexibility index (Phi) is 2.00. The second kappa shape index (κ2) is 3.18. The minimum Gasteiger partial charge on any atom is -0.512 e. The molecule has 0 aliphatic heterocycles. The van der Waals surface area contributed by atoms with Gasteiger partial charge in [0.15, 0.2) is 5.58 Å². The molecule has 1 aromatic heterocycles. The van der Waals surface area contributed by atoms with Gasteiger partial charge in [-0.2, -0.15) is 0 Å². The van der Waals surface area contributed by atoms with Gasteiger partial charge < -0.3 is 9.52 Å². The molecule has 0 saturated carbocycles. The molecule has 0 unspecified atom stereocenters. The Bertz CT molecular complexity index is 493. The van der Waals surface area contributed by atoms with Crippen LogP contribution in [0.2, 0.25) is 0 Å². The summed E-state index contributed by atoms with van der Waals surface area (Å²) < 4.78 is 5.46. The Hall–Kier alpha value is -1.77. The van der Waals surface area contributed by atoms with Gasteiger partial charge >= 0.3 is 0 Å². The summed E-state index contributed by atoms with van der Waals surface area (Å²) in [5, 5.41) is 9.06. The number of allylic oxidation sites excluding steroid dienone is 1. The van der Waals surface area contributed by atoms with E-state index < -0.39 is 0 Å². The van der Waals surface area contributed by atoms with Crippen molar-refractivity contribution in [2.75, 3.05) is 0 Å². The molecule has 0 amide bonds. The van der Waals surface area contributed by atoms with Gasteiger partial charge in [0.05, 0.1) is 5.76 Å². The lowest BCUT2D eigenvalue weighted by Crippen LogP contribution is -1.73. The number of benzene rings is 1. The van der Waals surface area contributed by atoms with E-state index in [0.29, 0.717) is 5.89 Å². The van der Waals surface area contributed by atoms with Crippen LogP contribution >= 0.6 is 0 Å². The lowest BCUT2D eigenvalue weighted by atomic mass is 10.2. The van der Waals surface area contributed by atoms with E-state index >= 15 is 0 Å². The van der Waals surface area contributed by atoms with Crippen LogP contribution in [-0.2, 0) is 0 Å². The van der Waals surface area contributed by atoms with Crippen molar-refractivity contribution in [1.82, 2.24) is 4.98 Å². The number of rotatable bonds is 1. The van der Waals surface area contributed by atoms with Gasteiger partial charge in [-0.25, -0.2) is 4.98 Å². The zero-order valence-electron chi connectivity index (χ0n) is 8.11. The van der Waals surface area contributed by atoms with Crippen LogP contribution in [0.3, 0.4) is 0 Å². The quantitative estimate of drug-likeness (QED) is 0.701. The van der Waals surface area contributed by atoms with E-state index in [0.717, 1.165) is 16.7 Å². The van der Waals surface area contributed by atoms with Gasteiger partial charge in [0.1, 0.15) is 5.52 Å². The molecule has 1 aromatic carbocycles. The highest BCUT2D eigenvalue weighted by Crippen LogP contribution is 2.20. The summed E-state index contributed by atoms with van der Waals surface area (Å²) in [5.74, 6) is 0.628. The largest absolute Gasteiger partial charge is 0.512 e. The molecule has 3 heteroatoms. The highest BCUT2D eigenvalue weighted by molar-refractivity contribution is 5.77. The van der Waals surface area contributed by atoms with E-state index in [1.807, 2.05) is 25.1 Å². The molecule has 0 spiro atoms. The topological polar surface area (TPSA) is 46.3 Å². The zero-order chi connectivity index (χ0) is 10.1. The van der Waals surface area contributed by atoms with Crippen LogP contribution in [0.4, 0.5) is 0 Å². The van der Waals surface area contributed by atoms with Gasteiger partial charge in [0, 0.05) is 6.08 Å². The van der Waals surface area contributed by atoms with E-state index in [1.165, 1.54) is 6.08 Å². The van der Waals surface area contributed by atoms with Crippen LogP contribution in [-0.4, -0.2) is 10.1 Å². The molecule has 1 heterocycles. The van der Waals surface area contributed by atoms with E-state index in [1.54, 1.807) is 6.92 Å². The van der Waals surface area contributed by atoms with Crippen molar-refractivity contribution in [3.63, 3.8) is 0 Å². The fraction of sp³-hybridized carbons (Fsp3) is 0.182. The molecule has 72 valence electrons. The third-order valence-electron chi connectivity index (χ3n) is 1.96. The molecule has 0 saturated heterocycles. The third-order valence-corrected chi connectivity index (χ3v) is 1.96. The number of hydrogen-bond acceptors (Lipinski definition) is 3. The van der Waals surface area contributed by atoms with Crippen LogP contribution in [0, 0.1) is 6.92 Å². The number of aliphatic hydroxyl groups is 1. The van der Waals surface area contributed by atoms with Crippen LogP contribution in [0.1, 0.15) is 18.4 Å². The first kappa shape index (κ1) is 8.81.